The maximum Gasteiger partial charge on any atom is 0.307 e. The van der Waals surface area contributed by atoms with Crippen LogP contribution >= 0.6 is 0 Å². The molecular formula is C18H21NO3. The first-order valence-corrected chi connectivity index (χ1v) is 7.16. The van der Waals surface area contributed by atoms with Gasteiger partial charge in [0.2, 0.25) is 0 Å². The fourth-order valence-corrected chi connectivity index (χ4v) is 2.19. The van der Waals surface area contributed by atoms with Gasteiger partial charge in [-0.25, -0.2) is 0 Å². The van der Waals surface area contributed by atoms with Gasteiger partial charge in [0.05, 0.1) is 26.7 Å². The van der Waals surface area contributed by atoms with Crippen molar-refractivity contribution in [3.8, 4) is 5.75 Å². The highest BCUT2D eigenvalue weighted by Gasteiger charge is 2.16. The van der Waals surface area contributed by atoms with Crippen molar-refractivity contribution in [1.82, 2.24) is 0 Å². The van der Waals surface area contributed by atoms with Crippen molar-refractivity contribution in [2.75, 3.05) is 19.5 Å². The number of carbonyl (C=O) groups excluding carboxylic acids is 1. The summed E-state index contributed by atoms with van der Waals surface area (Å²) in [7, 11) is 3.04. The van der Waals surface area contributed by atoms with Crippen molar-refractivity contribution >= 4 is 11.7 Å². The first-order chi connectivity index (χ1) is 10.6. The van der Waals surface area contributed by atoms with Crippen LogP contribution in [0.2, 0.25) is 0 Å². The van der Waals surface area contributed by atoms with Crippen LogP contribution in [-0.2, 0) is 9.53 Å². The number of aryl methyl sites for hydroxylation is 1. The summed E-state index contributed by atoms with van der Waals surface area (Å²) < 4.78 is 9.95. The van der Waals surface area contributed by atoms with E-state index in [9.17, 15) is 4.79 Å². The van der Waals surface area contributed by atoms with E-state index >= 15 is 0 Å². The third-order valence-corrected chi connectivity index (χ3v) is 3.51. The predicted octanol–water partition coefficient (Wildman–Crippen LogP) is 3.72. The molecule has 1 N–H and O–H groups in total. The zero-order chi connectivity index (χ0) is 15.9. The number of anilines is 1. The molecular weight excluding hydrogens is 278 g/mol. The Morgan fingerprint density at radius 3 is 2.23 bits per heavy atom. The Hall–Kier alpha value is -2.49. The Morgan fingerprint density at radius 1 is 1.05 bits per heavy atom. The number of methoxy groups -OCH3 is 2. The average molecular weight is 299 g/mol. The second-order valence-electron chi connectivity index (χ2n) is 5.12. The minimum absolute atomic E-state index is 0.138. The first kappa shape index (κ1) is 15.9. The molecule has 2 aromatic rings. The van der Waals surface area contributed by atoms with Crippen molar-refractivity contribution in [2.45, 2.75) is 19.4 Å². The smallest absolute Gasteiger partial charge is 0.307 e. The maximum absolute atomic E-state index is 11.7. The fraction of sp³-hybridized carbons (Fsp3) is 0.278. The molecule has 0 unspecified atom stereocenters. The van der Waals surface area contributed by atoms with Gasteiger partial charge in [0.25, 0.3) is 0 Å². The molecule has 0 aliphatic rings. The van der Waals surface area contributed by atoms with Crippen LogP contribution in [-0.4, -0.2) is 20.2 Å². The van der Waals surface area contributed by atoms with Crippen LogP contribution in [0.5, 0.6) is 5.75 Å². The Morgan fingerprint density at radius 2 is 1.68 bits per heavy atom. The summed E-state index contributed by atoms with van der Waals surface area (Å²) in [6, 6.07) is 15.6. The van der Waals surface area contributed by atoms with Crippen molar-refractivity contribution in [2.24, 2.45) is 0 Å². The highest BCUT2D eigenvalue weighted by atomic mass is 16.5. The molecule has 0 bridgehead atoms. The number of nitrogens with one attached hydrogen (secondary N) is 1. The van der Waals surface area contributed by atoms with E-state index in [1.807, 2.05) is 55.5 Å². The number of carbonyl (C=O) groups is 1. The third-order valence-electron chi connectivity index (χ3n) is 3.51. The molecule has 116 valence electrons. The van der Waals surface area contributed by atoms with E-state index in [4.69, 9.17) is 9.47 Å². The highest BCUT2D eigenvalue weighted by Crippen LogP contribution is 2.25. The summed E-state index contributed by atoms with van der Waals surface area (Å²) in [6.45, 7) is 2.04. The van der Waals surface area contributed by atoms with Gasteiger partial charge in [-0.2, -0.15) is 0 Å². The molecule has 0 aromatic heterocycles. The molecule has 2 aromatic carbocycles. The van der Waals surface area contributed by atoms with Crippen LogP contribution in [0, 0.1) is 6.92 Å². The summed E-state index contributed by atoms with van der Waals surface area (Å²) in [5.41, 5.74) is 3.16. The molecule has 0 aliphatic heterocycles. The van der Waals surface area contributed by atoms with E-state index in [-0.39, 0.29) is 18.4 Å². The average Bonchev–Trinajstić information content (AvgIpc) is 2.55. The lowest BCUT2D eigenvalue weighted by atomic mass is 10.0. The van der Waals surface area contributed by atoms with Gasteiger partial charge in [-0.3, -0.25) is 4.79 Å². The monoisotopic (exact) mass is 299 g/mol. The zero-order valence-corrected chi connectivity index (χ0v) is 13.1. The fourth-order valence-electron chi connectivity index (χ4n) is 2.19. The van der Waals surface area contributed by atoms with Crippen LogP contribution in [0.25, 0.3) is 0 Å². The van der Waals surface area contributed by atoms with Crippen molar-refractivity contribution in [1.29, 1.82) is 0 Å². The third kappa shape index (κ3) is 4.25. The van der Waals surface area contributed by atoms with E-state index in [0.717, 1.165) is 17.0 Å². The zero-order valence-electron chi connectivity index (χ0n) is 13.1. The number of rotatable bonds is 6. The minimum atomic E-state index is -0.244. The van der Waals surface area contributed by atoms with Crippen LogP contribution in [0.3, 0.4) is 0 Å². The van der Waals surface area contributed by atoms with E-state index in [0.29, 0.717) is 0 Å². The lowest BCUT2D eigenvalue weighted by Crippen LogP contribution is -2.16. The van der Waals surface area contributed by atoms with Gasteiger partial charge in [0, 0.05) is 5.69 Å². The number of benzene rings is 2. The van der Waals surface area contributed by atoms with E-state index in [2.05, 4.69) is 5.32 Å². The molecule has 0 radical (unpaired) electrons. The van der Waals surface area contributed by atoms with Gasteiger partial charge in [0.1, 0.15) is 5.75 Å². The predicted molar refractivity (Wildman–Crippen MR) is 87.2 cm³/mol. The number of hydrogen-bond donors (Lipinski definition) is 1. The Kier molecular flexibility index (Phi) is 5.42. The first-order valence-electron chi connectivity index (χ1n) is 7.16. The lowest BCUT2D eigenvalue weighted by Gasteiger charge is -2.20. The van der Waals surface area contributed by atoms with Crippen LogP contribution < -0.4 is 10.1 Å². The second-order valence-corrected chi connectivity index (χ2v) is 5.12. The minimum Gasteiger partial charge on any atom is -0.497 e. The molecule has 2 rings (SSSR count). The summed E-state index contributed by atoms with van der Waals surface area (Å²) in [5, 5.41) is 3.37. The Balaban J connectivity index is 2.19. The molecule has 0 fully saturated rings. The molecule has 0 saturated heterocycles. The summed E-state index contributed by atoms with van der Waals surface area (Å²) in [4.78, 5) is 11.7. The molecule has 0 saturated carbocycles. The quantitative estimate of drug-likeness (QED) is 0.826. The second kappa shape index (κ2) is 7.50. The molecule has 0 amide bonds. The van der Waals surface area contributed by atoms with Crippen molar-refractivity contribution in [3.05, 3.63) is 59.7 Å². The molecule has 4 nitrogen and oxygen atoms in total. The largest absolute Gasteiger partial charge is 0.497 e. The van der Waals surface area contributed by atoms with Gasteiger partial charge in [-0.05, 0) is 36.8 Å². The highest BCUT2D eigenvalue weighted by molar-refractivity contribution is 5.71. The molecule has 0 heterocycles. The Bertz CT molecular complexity index is 605. The maximum atomic E-state index is 11.7. The van der Waals surface area contributed by atoms with Gasteiger partial charge < -0.3 is 14.8 Å². The lowest BCUT2D eigenvalue weighted by molar-refractivity contribution is -0.140. The van der Waals surface area contributed by atoms with Crippen molar-refractivity contribution in [3.63, 3.8) is 0 Å². The standard InChI is InChI=1S/C18H21NO3/c1-13-4-6-14(7-5-13)17(12-18(20)22-3)19-15-8-10-16(21-2)11-9-15/h4-11,17,19H,12H2,1-3H3/t17-/m0/s1. The SMILES string of the molecule is COC(=O)C[C@H](Nc1ccc(OC)cc1)c1ccc(C)cc1. The molecule has 4 heteroatoms. The van der Waals surface area contributed by atoms with E-state index in [1.165, 1.54) is 12.7 Å². The van der Waals surface area contributed by atoms with Crippen molar-refractivity contribution < 1.29 is 14.3 Å². The van der Waals surface area contributed by atoms with Crippen LogP contribution in [0.4, 0.5) is 5.69 Å². The van der Waals surface area contributed by atoms with Gasteiger partial charge in [-0.15, -0.1) is 0 Å². The summed E-state index contributed by atoms with van der Waals surface area (Å²) >= 11 is 0. The van der Waals surface area contributed by atoms with Gasteiger partial charge in [0.15, 0.2) is 0 Å². The van der Waals surface area contributed by atoms with Gasteiger partial charge >= 0.3 is 5.97 Å². The van der Waals surface area contributed by atoms with Gasteiger partial charge in [-0.1, -0.05) is 29.8 Å². The summed E-state index contributed by atoms with van der Waals surface area (Å²) in [5.74, 6) is 0.553. The van der Waals surface area contributed by atoms with Crippen LogP contribution in [0.1, 0.15) is 23.6 Å². The number of ether oxygens (including phenoxy) is 2. The molecule has 1 atom stereocenters. The number of esters is 1. The topological polar surface area (TPSA) is 47.6 Å². The van der Waals surface area contributed by atoms with Crippen LogP contribution in [0.15, 0.2) is 48.5 Å². The van der Waals surface area contributed by atoms with E-state index in [1.54, 1.807) is 7.11 Å². The molecule has 0 aliphatic carbocycles. The number of hydrogen-bond acceptors (Lipinski definition) is 4. The normalized spacial score (nSPS) is 11.6. The molecule has 0 spiro atoms. The summed E-state index contributed by atoms with van der Waals surface area (Å²) in [6.07, 6.45) is 0.269. The Labute approximate surface area is 131 Å². The molecule has 22 heavy (non-hydrogen) atoms. The van der Waals surface area contributed by atoms with E-state index < -0.39 is 0 Å².